The minimum absolute atomic E-state index is 0.00980. The fourth-order valence-corrected chi connectivity index (χ4v) is 3.13. The Labute approximate surface area is 129 Å². The van der Waals surface area contributed by atoms with E-state index in [1.165, 1.54) is 0 Å². The smallest absolute Gasteiger partial charge is 0.230 e. The molecule has 0 bridgehead atoms. The van der Waals surface area contributed by atoms with Gasteiger partial charge in [0.1, 0.15) is 0 Å². The van der Waals surface area contributed by atoms with Gasteiger partial charge in [0.25, 0.3) is 0 Å². The van der Waals surface area contributed by atoms with Crippen LogP contribution in [0.1, 0.15) is 43.7 Å². The molecule has 2 N–H and O–H groups in total. The minimum Gasteiger partial charge on any atom is -0.352 e. The standard InChI is InChI=1S/C17H19N3O2/c1-11-14(5-6-15(21)19-11)20-16(22)17(7-8-17)13-4-2-3-12(9-13)10-18/h2-4,9,11,14H,5-8H2,1H3,(H,19,21)(H,20,22). The molecule has 1 saturated carbocycles. The third-order valence-corrected chi connectivity index (χ3v) is 4.72. The SMILES string of the molecule is CC1NC(=O)CCC1NC(=O)C1(c2cccc(C#N)c2)CC1. The molecule has 114 valence electrons. The summed E-state index contributed by atoms with van der Waals surface area (Å²) in [6.07, 6.45) is 2.74. The number of carbonyl (C=O) groups excluding carboxylic acids is 2. The lowest BCUT2D eigenvalue weighted by Crippen LogP contribution is -2.55. The van der Waals surface area contributed by atoms with Crippen LogP contribution in [0.25, 0.3) is 0 Å². The van der Waals surface area contributed by atoms with Gasteiger partial charge in [-0.2, -0.15) is 5.26 Å². The van der Waals surface area contributed by atoms with Crippen molar-refractivity contribution in [2.75, 3.05) is 0 Å². The third-order valence-electron chi connectivity index (χ3n) is 4.72. The molecule has 2 atom stereocenters. The van der Waals surface area contributed by atoms with Crippen molar-refractivity contribution < 1.29 is 9.59 Å². The topological polar surface area (TPSA) is 82.0 Å². The molecule has 1 aromatic rings. The van der Waals surface area contributed by atoms with Gasteiger partial charge in [0.05, 0.1) is 17.0 Å². The van der Waals surface area contributed by atoms with Gasteiger partial charge in [-0.05, 0) is 43.9 Å². The first kappa shape index (κ1) is 14.6. The molecule has 0 spiro atoms. The lowest BCUT2D eigenvalue weighted by atomic mass is 9.92. The van der Waals surface area contributed by atoms with Crippen molar-refractivity contribution in [3.8, 4) is 6.07 Å². The molecule has 2 fully saturated rings. The van der Waals surface area contributed by atoms with Crippen molar-refractivity contribution in [1.29, 1.82) is 5.26 Å². The third kappa shape index (κ3) is 2.57. The maximum Gasteiger partial charge on any atom is 0.230 e. The molecule has 2 unspecified atom stereocenters. The summed E-state index contributed by atoms with van der Waals surface area (Å²) in [5.41, 5.74) is 1.00. The Morgan fingerprint density at radius 1 is 1.45 bits per heavy atom. The van der Waals surface area contributed by atoms with E-state index in [4.69, 9.17) is 5.26 Å². The number of rotatable bonds is 3. The van der Waals surface area contributed by atoms with Crippen LogP contribution in [0.5, 0.6) is 0 Å². The van der Waals surface area contributed by atoms with Crippen LogP contribution < -0.4 is 10.6 Å². The van der Waals surface area contributed by atoms with E-state index in [-0.39, 0.29) is 23.9 Å². The second-order valence-corrected chi connectivity index (χ2v) is 6.25. The van der Waals surface area contributed by atoms with E-state index < -0.39 is 5.41 Å². The van der Waals surface area contributed by atoms with Crippen LogP contribution in [0, 0.1) is 11.3 Å². The molecule has 5 heteroatoms. The van der Waals surface area contributed by atoms with Gasteiger partial charge in [-0.1, -0.05) is 12.1 Å². The van der Waals surface area contributed by atoms with Crippen molar-refractivity contribution in [1.82, 2.24) is 10.6 Å². The van der Waals surface area contributed by atoms with Gasteiger partial charge in [0.15, 0.2) is 0 Å². The molecule has 3 rings (SSSR count). The molecule has 5 nitrogen and oxygen atoms in total. The highest BCUT2D eigenvalue weighted by Gasteiger charge is 2.52. The first-order valence-corrected chi connectivity index (χ1v) is 7.66. The maximum absolute atomic E-state index is 12.7. The second kappa shape index (κ2) is 5.45. The Morgan fingerprint density at radius 3 is 2.86 bits per heavy atom. The first-order valence-electron chi connectivity index (χ1n) is 7.66. The van der Waals surface area contributed by atoms with E-state index in [2.05, 4.69) is 16.7 Å². The van der Waals surface area contributed by atoms with Crippen molar-refractivity contribution in [2.45, 2.75) is 50.1 Å². The summed E-state index contributed by atoms with van der Waals surface area (Å²) < 4.78 is 0. The van der Waals surface area contributed by atoms with Gasteiger partial charge in [0, 0.05) is 18.5 Å². The number of carbonyl (C=O) groups is 2. The molecule has 1 aliphatic heterocycles. The normalized spacial score (nSPS) is 25.7. The van der Waals surface area contributed by atoms with Crippen LogP contribution in [0.15, 0.2) is 24.3 Å². The van der Waals surface area contributed by atoms with Crippen molar-refractivity contribution in [3.63, 3.8) is 0 Å². The number of benzene rings is 1. The number of nitrogens with zero attached hydrogens (tertiary/aromatic N) is 1. The van der Waals surface area contributed by atoms with E-state index in [0.29, 0.717) is 18.4 Å². The zero-order valence-corrected chi connectivity index (χ0v) is 12.6. The van der Waals surface area contributed by atoms with Gasteiger partial charge >= 0.3 is 0 Å². The van der Waals surface area contributed by atoms with Crippen molar-refractivity contribution in [3.05, 3.63) is 35.4 Å². The maximum atomic E-state index is 12.7. The number of hydrogen-bond donors (Lipinski definition) is 2. The Kier molecular flexibility index (Phi) is 3.61. The number of nitrogens with one attached hydrogen (secondary N) is 2. The quantitative estimate of drug-likeness (QED) is 0.884. The molecule has 1 aromatic carbocycles. The summed E-state index contributed by atoms with van der Waals surface area (Å²) in [6.45, 7) is 1.91. The summed E-state index contributed by atoms with van der Waals surface area (Å²) in [5.74, 6) is 0.0523. The monoisotopic (exact) mass is 297 g/mol. The number of piperidine rings is 1. The predicted octanol–water partition coefficient (Wildman–Crippen LogP) is 1.37. The number of nitriles is 1. The second-order valence-electron chi connectivity index (χ2n) is 6.25. The van der Waals surface area contributed by atoms with Crippen LogP contribution in [0.2, 0.25) is 0 Å². The summed E-state index contributed by atoms with van der Waals surface area (Å²) in [6, 6.07) is 9.34. The van der Waals surface area contributed by atoms with Crippen LogP contribution in [0.4, 0.5) is 0 Å². The molecule has 0 aromatic heterocycles. The van der Waals surface area contributed by atoms with Gasteiger partial charge in [-0.25, -0.2) is 0 Å². The van der Waals surface area contributed by atoms with E-state index in [0.717, 1.165) is 18.4 Å². The first-order chi connectivity index (χ1) is 10.5. The highest BCUT2D eigenvalue weighted by molar-refractivity contribution is 5.91. The van der Waals surface area contributed by atoms with Gasteiger partial charge < -0.3 is 10.6 Å². The summed E-state index contributed by atoms with van der Waals surface area (Å²) in [4.78, 5) is 24.1. The predicted molar refractivity (Wildman–Crippen MR) is 80.8 cm³/mol. The molecular weight excluding hydrogens is 278 g/mol. The zero-order valence-electron chi connectivity index (χ0n) is 12.6. The van der Waals surface area contributed by atoms with Crippen LogP contribution in [-0.4, -0.2) is 23.9 Å². The summed E-state index contributed by atoms with van der Waals surface area (Å²) >= 11 is 0. The Bertz CT molecular complexity index is 658. The molecule has 2 amide bonds. The van der Waals surface area contributed by atoms with Crippen LogP contribution in [-0.2, 0) is 15.0 Å². The molecule has 0 radical (unpaired) electrons. The average Bonchev–Trinajstić information content (AvgIpc) is 3.32. The van der Waals surface area contributed by atoms with Gasteiger partial charge in [0.2, 0.25) is 11.8 Å². The van der Waals surface area contributed by atoms with E-state index >= 15 is 0 Å². The molecule has 1 aliphatic carbocycles. The average molecular weight is 297 g/mol. The minimum atomic E-state index is -0.492. The molecule has 2 aliphatic rings. The number of hydrogen-bond acceptors (Lipinski definition) is 3. The number of amides is 2. The fraction of sp³-hybridized carbons (Fsp3) is 0.471. The van der Waals surface area contributed by atoms with E-state index in [1.54, 1.807) is 12.1 Å². The molecule has 1 heterocycles. The fourth-order valence-electron chi connectivity index (χ4n) is 3.13. The van der Waals surface area contributed by atoms with Crippen LogP contribution >= 0.6 is 0 Å². The highest BCUT2D eigenvalue weighted by Crippen LogP contribution is 2.48. The Morgan fingerprint density at radius 2 is 2.23 bits per heavy atom. The van der Waals surface area contributed by atoms with E-state index in [9.17, 15) is 9.59 Å². The lowest BCUT2D eigenvalue weighted by molar-refractivity contribution is -0.128. The largest absolute Gasteiger partial charge is 0.352 e. The van der Waals surface area contributed by atoms with Crippen molar-refractivity contribution >= 4 is 11.8 Å². The summed E-state index contributed by atoms with van der Waals surface area (Å²) in [5, 5.41) is 15.0. The Balaban J connectivity index is 1.74. The summed E-state index contributed by atoms with van der Waals surface area (Å²) in [7, 11) is 0. The zero-order chi connectivity index (χ0) is 15.7. The van der Waals surface area contributed by atoms with Crippen molar-refractivity contribution in [2.24, 2.45) is 0 Å². The van der Waals surface area contributed by atoms with Gasteiger partial charge in [-0.3, -0.25) is 9.59 Å². The molecule has 1 saturated heterocycles. The van der Waals surface area contributed by atoms with Gasteiger partial charge in [-0.15, -0.1) is 0 Å². The van der Waals surface area contributed by atoms with E-state index in [1.807, 2.05) is 19.1 Å². The molecule has 22 heavy (non-hydrogen) atoms. The molecular formula is C17H19N3O2. The van der Waals surface area contributed by atoms with Crippen LogP contribution in [0.3, 0.4) is 0 Å². The lowest BCUT2D eigenvalue weighted by Gasteiger charge is -2.31. The Hall–Kier alpha value is -2.35. The highest BCUT2D eigenvalue weighted by atomic mass is 16.2.